The van der Waals surface area contributed by atoms with Crippen LogP contribution >= 0.6 is 0 Å². The molecule has 1 saturated carbocycles. The lowest BCUT2D eigenvalue weighted by Crippen LogP contribution is -2.26. The number of nitrogens with zero attached hydrogens (tertiary/aromatic N) is 2. The summed E-state index contributed by atoms with van der Waals surface area (Å²) in [5.41, 5.74) is 5.21. The van der Waals surface area contributed by atoms with Gasteiger partial charge in [-0.15, -0.1) is 0 Å². The van der Waals surface area contributed by atoms with Gasteiger partial charge in [0.2, 0.25) is 0 Å². The maximum Gasteiger partial charge on any atom is 0.349 e. The van der Waals surface area contributed by atoms with E-state index in [0.29, 0.717) is 5.92 Å². The first kappa shape index (κ1) is 11.1. The molecule has 0 aliphatic heterocycles. The number of aromatic nitrogens is 2. The highest BCUT2D eigenvalue weighted by Gasteiger charge is 2.26. The quantitative estimate of drug-likeness (QED) is 0.823. The molecule has 0 bridgehead atoms. The van der Waals surface area contributed by atoms with E-state index >= 15 is 0 Å². The highest BCUT2D eigenvalue weighted by molar-refractivity contribution is 5.23. The molecule has 1 fully saturated rings. The van der Waals surface area contributed by atoms with Crippen molar-refractivity contribution in [3.05, 3.63) is 22.7 Å². The van der Waals surface area contributed by atoms with Gasteiger partial charge in [-0.25, -0.2) is 4.79 Å². The van der Waals surface area contributed by atoms with Gasteiger partial charge in [0.05, 0.1) is 0 Å². The van der Waals surface area contributed by atoms with Crippen molar-refractivity contribution in [3.63, 3.8) is 0 Å². The zero-order chi connectivity index (χ0) is 11.5. The number of nitrogens with two attached hydrogens (primary N) is 1. The van der Waals surface area contributed by atoms with Gasteiger partial charge in [-0.1, -0.05) is 0 Å². The van der Waals surface area contributed by atoms with Gasteiger partial charge in [0.1, 0.15) is 5.82 Å². The molecule has 0 spiro atoms. The first-order chi connectivity index (χ1) is 7.70. The summed E-state index contributed by atoms with van der Waals surface area (Å²) in [7, 11) is 1.71. The van der Waals surface area contributed by atoms with Gasteiger partial charge in [-0.2, -0.15) is 4.98 Å². The van der Waals surface area contributed by atoms with Crippen molar-refractivity contribution in [2.75, 3.05) is 19.5 Å². The van der Waals surface area contributed by atoms with Crippen LogP contribution in [0.4, 0.5) is 5.82 Å². The third kappa shape index (κ3) is 2.24. The fraction of sp³-hybridized carbons (Fsp3) is 0.636. The average molecular weight is 223 g/mol. The van der Waals surface area contributed by atoms with E-state index in [1.165, 1.54) is 0 Å². The standard InChI is InChI=1S/C11H17N3O2/c1-16-7-8-2-3-9(6-8)14-5-4-10(12)13-11(14)15/h4-5,8-9H,2-3,6-7H2,1H3,(H2,12,13,15)/t8-,9+/m1/s1. The second-order valence-electron chi connectivity index (χ2n) is 4.33. The summed E-state index contributed by atoms with van der Waals surface area (Å²) in [4.78, 5) is 15.4. The van der Waals surface area contributed by atoms with Crippen LogP contribution in [0.3, 0.4) is 0 Å². The van der Waals surface area contributed by atoms with Gasteiger partial charge in [0.15, 0.2) is 0 Å². The molecule has 88 valence electrons. The molecule has 1 heterocycles. The van der Waals surface area contributed by atoms with Crippen LogP contribution in [0.5, 0.6) is 0 Å². The van der Waals surface area contributed by atoms with E-state index in [9.17, 15) is 4.79 Å². The predicted octanol–water partition coefficient (Wildman–Crippen LogP) is 0.813. The van der Waals surface area contributed by atoms with Crippen molar-refractivity contribution < 1.29 is 4.74 Å². The van der Waals surface area contributed by atoms with Crippen LogP contribution in [0.2, 0.25) is 0 Å². The maximum atomic E-state index is 11.6. The zero-order valence-corrected chi connectivity index (χ0v) is 9.43. The fourth-order valence-corrected chi connectivity index (χ4v) is 2.39. The summed E-state index contributed by atoms with van der Waals surface area (Å²) in [6.45, 7) is 0.771. The molecule has 16 heavy (non-hydrogen) atoms. The lowest BCUT2D eigenvalue weighted by molar-refractivity contribution is 0.153. The molecule has 1 aliphatic carbocycles. The normalized spacial score (nSPS) is 24.8. The minimum absolute atomic E-state index is 0.247. The largest absolute Gasteiger partial charge is 0.384 e. The van der Waals surface area contributed by atoms with Crippen molar-refractivity contribution in [2.45, 2.75) is 25.3 Å². The number of nitrogen functional groups attached to an aromatic ring is 1. The smallest absolute Gasteiger partial charge is 0.349 e. The summed E-state index contributed by atoms with van der Waals surface area (Å²) in [5, 5.41) is 0. The van der Waals surface area contributed by atoms with Crippen molar-refractivity contribution in [1.29, 1.82) is 0 Å². The van der Waals surface area contributed by atoms with Crippen molar-refractivity contribution >= 4 is 5.82 Å². The Morgan fingerprint density at radius 3 is 3.12 bits per heavy atom. The van der Waals surface area contributed by atoms with Crippen LogP contribution in [-0.2, 0) is 4.74 Å². The lowest BCUT2D eigenvalue weighted by atomic mass is 10.1. The van der Waals surface area contributed by atoms with Crippen molar-refractivity contribution in [2.24, 2.45) is 5.92 Å². The van der Waals surface area contributed by atoms with E-state index in [2.05, 4.69) is 4.98 Å². The van der Waals surface area contributed by atoms with Crippen LogP contribution in [0.15, 0.2) is 17.1 Å². The number of hydrogen-bond acceptors (Lipinski definition) is 4. The van der Waals surface area contributed by atoms with Crippen molar-refractivity contribution in [3.8, 4) is 0 Å². The average Bonchev–Trinajstić information content (AvgIpc) is 2.67. The van der Waals surface area contributed by atoms with Crippen LogP contribution in [-0.4, -0.2) is 23.3 Å². The van der Waals surface area contributed by atoms with Crippen LogP contribution in [0, 0.1) is 5.92 Å². The lowest BCUT2D eigenvalue weighted by Gasteiger charge is -2.13. The van der Waals surface area contributed by atoms with Crippen LogP contribution < -0.4 is 11.4 Å². The number of methoxy groups -OCH3 is 1. The van der Waals surface area contributed by atoms with Crippen LogP contribution in [0.1, 0.15) is 25.3 Å². The monoisotopic (exact) mass is 223 g/mol. The van der Waals surface area contributed by atoms with Gasteiger partial charge in [0.25, 0.3) is 0 Å². The van der Waals surface area contributed by atoms with Gasteiger partial charge >= 0.3 is 5.69 Å². The van der Waals surface area contributed by atoms with E-state index in [1.54, 1.807) is 23.9 Å². The number of ether oxygens (including phenoxy) is 1. The Balaban J connectivity index is 2.11. The Kier molecular flexibility index (Phi) is 3.24. The fourth-order valence-electron chi connectivity index (χ4n) is 2.39. The molecule has 1 aromatic heterocycles. The first-order valence-corrected chi connectivity index (χ1v) is 5.54. The molecule has 5 heteroatoms. The molecule has 2 atom stereocenters. The Morgan fingerprint density at radius 2 is 2.44 bits per heavy atom. The van der Waals surface area contributed by atoms with Gasteiger partial charge < -0.3 is 10.5 Å². The van der Waals surface area contributed by atoms with Crippen molar-refractivity contribution in [1.82, 2.24) is 9.55 Å². The minimum atomic E-state index is -0.247. The molecule has 0 aromatic carbocycles. The van der Waals surface area contributed by atoms with E-state index in [0.717, 1.165) is 25.9 Å². The van der Waals surface area contributed by atoms with Gasteiger partial charge in [-0.3, -0.25) is 4.57 Å². The Morgan fingerprint density at radius 1 is 1.62 bits per heavy atom. The predicted molar refractivity (Wildman–Crippen MR) is 61.2 cm³/mol. The third-order valence-electron chi connectivity index (χ3n) is 3.16. The SMILES string of the molecule is COC[C@@H]1CC[C@H](n2ccc(N)nc2=O)C1. The molecule has 0 radical (unpaired) electrons. The highest BCUT2D eigenvalue weighted by Crippen LogP contribution is 2.33. The Bertz CT molecular complexity index is 416. The molecule has 5 nitrogen and oxygen atoms in total. The molecule has 0 amide bonds. The summed E-state index contributed by atoms with van der Waals surface area (Å²) in [6.07, 6.45) is 4.85. The third-order valence-corrected chi connectivity index (χ3v) is 3.16. The van der Waals surface area contributed by atoms with Gasteiger partial charge in [-0.05, 0) is 31.2 Å². The van der Waals surface area contributed by atoms with E-state index in [-0.39, 0.29) is 17.5 Å². The molecular weight excluding hydrogens is 206 g/mol. The molecule has 1 aromatic rings. The number of rotatable bonds is 3. The van der Waals surface area contributed by atoms with E-state index in [1.807, 2.05) is 0 Å². The number of anilines is 1. The Labute approximate surface area is 94.2 Å². The van der Waals surface area contributed by atoms with E-state index < -0.39 is 0 Å². The first-order valence-electron chi connectivity index (χ1n) is 5.54. The summed E-state index contributed by atoms with van der Waals surface area (Å²) >= 11 is 0. The maximum absolute atomic E-state index is 11.6. The van der Waals surface area contributed by atoms with Crippen LogP contribution in [0.25, 0.3) is 0 Å². The summed E-state index contributed by atoms with van der Waals surface area (Å²) < 4.78 is 6.82. The van der Waals surface area contributed by atoms with Gasteiger partial charge in [0, 0.05) is 26.0 Å². The molecule has 0 unspecified atom stereocenters. The molecule has 2 rings (SSSR count). The topological polar surface area (TPSA) is 70.1 Å². The molecule has 2 N–H and O–H groups in total. The molecule has 1 aliphatic rings. The molecule has 0 saturated heterocycles. The Hall–Kier alpha value is -1.36. The summed E-state index contributed by atoms with van der Waals surface area (Å²) in [6, 6.07) is 1.92. The second kappa shape index (κ2) is 4.65. The minimum Gasteiger partial charge on any atom is -0.384 e. The summed E-state index contributed by atoms with van der Waals surface area (Å²) in [5.74, 6) is 0.840. The highest BCUT2D eigenvalue weighted by atomic mass is 16.5. The second-order valence-corrected chi connectivity index (χ2v) is 4.33. The van der Waals surface area contributed by atoms with E-state index in [4.69, 9.17) is 10.5 Å². The molecular formula is C11H17N3O2. The number of hydrogen-bond donors (Lipinski definition) is 1. The zero-order valence-electron chi connectivity index (χ0n) is 9.43.